The maximum Gasteiger partial charge on any atom is 0.300 e. The lowest BCUT2D eigenvalue weighted by Crippen LogP contribution is -2.39. The molecule has 4 rings (SSSR count). The largest absolute Gasteiger partial charge is 0.382 e. The van der Waals surface area contributed by atoms with Crippen molar-refractivity contribution in [2.24, 2.45) is 5.73 Å². The molecule has 0 saturated heterocycles. The van der Waals surface area contributed by atoms with E-state index >= 15 is 0 Å². The lowest BCUT2D eigenvalue weighted by molar-refractivity contribution is -0.118. The average Bonchev–Trinajstić information content (AvgIpc) is 3.42. The van der Waals surface area contributed by atoms with Crippen LogP contribution in [0.25, 0.3) is 11.4 Å². The van der Waals surface area contributed by atoms with Gasteiger partial charge in [-0.2, -0.15) is 4.98 Å². The van der Waals surface area contributed by atoms with Gasteiger partial charge in [0.2, 0.25) is 11.7 Å². The Balaban J connectivity index is 1.68. The standard InChI is InChI=1S/C21H16ClFN6O3S/c1-10(18(25)31)29(14-8-6-13(23)7-9-14)21-26-17(24)16(33-21)15(30)20-27-19(28-32-20)11-2-4-12(22)5-3-11/h2-10H,24H2,1H3,(H2,25,31)/t10-/m1/s1. The number of carbonyl (C=O) groups is 2. The van der Waals surface area contributed by atoms with Gasteiger partial charge in [-0.05, 0) is 55.5 Å². The highest BCUT2D eigenvalue weighted by Crippen LogP contribution is 2.36. The molecule has 2 aromatic carbocycles. The summed E-state index contributed by atoms with van der Waals surface area (Å²) in [5.41, 5.74) is 12.5. The van der Waals surface area contributed by atoms with Gasteiger partial charge < -0.3 is 20.9 Å². The second-order valence-corrected chi connectivity index (χ2v) is 8.31. The van der Waals surface area contributed by atoms with Crippen LogP contribution in [0, 0.1) is 5.82 Å². The van der Waals surface area contributed by atoms with Crippen LogP contribution in [0.2, 0.25) is 5.02 Å². The van der Waals surface area contributed by atoms with E-state index in [2.05, 4.69) is 15.1 Å². The summed E-state index contributed by atoms with van der Waals surface area (Å²) in [6.45, 7) is 1.56. The number of nitrogens with zero attached hydrogens (tertiary/aromatic N) is 4. The third-order valence-electron chi connectivity index (χ3n) is 4.68. The number of thiazole rings is 1. The Morgan fingerprint density at radius 2 is 1.79 bits per heavy atom. The zero-order chi connectivity index (χ0) is 23.7. The zero-order valence-electron chi connectivity index (χ0n) is 17.0. The first-order chi connectivity index (χ1) is 15.7. The van der Waals surface area contributed by atoms with E-state index < -0.39 is 23.5 Å². The van der Waals surface area contributed by atoms with E-state index in [-0.39, 0.29) is 27.5 Å². The van der Waals surface area contributed by atoms with Crippen molar-refractivity contribution in [2.75, 3.05) is 10.6 Å². The Hall–Kier alpha value is -3.83. The Bertz CT molecular complexity index is 1320. The van der Waals surface area contributed by atoms with Crippen LogP contribution in [0.4, 0.5) is 21.0 Å². The molecule has 33 heavy (non-hydrogen) atoms. The van der Waals surface area contributed by atoms with Crippen LogP contribution in [0.3, 0.4) is 0 Å². The van der Waals surface area contributed by atoms with Crippen molar-refractivity contribution >= 4 is 51.3 Å². The molecule has 4 N–H and O–H groups in total. The fourth-order valence-corrected chi connectivity index (χ4v) is 4.09. The van der Waals surface area contributed by atoms with Gasteiger partial charge in [0.05, 0.1) is 0 Å². The molecular weight excluding hydrogens is 471 g/mol. The zero-order valence-corrected chi connectivity index (χ0v) is 18.6. The third-order valence-corrected chi connectivity index (χ3v) is 6.00. The van der Waals surface area contributed by atoms with Crippen molar-refractivity contribution in [2.45, 2.75) is 13.0 Å². The predicted molar refractivity (Wildman–Crippen MR) is 122 cm³/mol. The van der Waals surface area contributed by atoms with E-state index in [1.165, 1.54) is 29.2 Å². The second kappa shape index (κ2) is 8.96. The van der Waals surface area contributed by atoms with Crippen molar-refractivity contribution in [3.05, 3.63) is 70.1 Å². The lowest BCUT2D eigenvalue weighted by Gasteiger charge is -2.26. The van der Waals surface area contributed by atoms with Crippen molar-refractivity contribution in [1.82, 2.24) is 15.1 Å². The molecule has 4 aromatic rings. The van der Waals surface area contributed by atoms with E-state index in [1.807, 2.05) is 0 Å². The minimum Gasteiger partial charge on any atom is -0.382 e. The Morgan fingerprint density at radius 3 is 2.42 bits per heavy atom. The maximum atomic E-state index is 13.4. The topological polar surface area (TPSA) is 141 Å². The SMILES string of the molecule is C[C@H](C(N)=O)N(c1ccc(F)cc1)c1nc(N)c(C(=O)c2nc(-c3ccc(Cl)cc3)no2)s1. The van der Waals surface area contributed by atoms with Crippen molar-refractivity contribution in [1.29, 1.82) is 0 Å². The van der Waals surface area contributed by atoms with Gasteiger partial charge in [-0.25, -0.2) is 9.37 Å². The molecule has 0 fully saturated rings. The number of amides is 1. The van der Waals surface area contributed by atoms with Crippen LogP contribution >= 0.6 is 22.9 Å². The smallest absolute Gasteiger partial charge is 0.300 e. The van der Waals surface area contributed by atoms with Crippen molar-refractivity contribution < 1.29 is 18.5 Å². The number of hydrogen-bond acceptors (Lipinski definition) is 9. The first-order valence-corrected chi connectivity index (χ1v) is 10.7. The van der Waals surface area contributed by atoms with Crippen LogP contribution in [-0.4, -0.2) is 32.9 Å². The fraction of sp³-hybridized carbons (Fsp3) is 0.0952. The molecule has 0 radical (unpaired) electrons. The Morgan fingerprint density at radius 1 is 1.12 bits per heavy atom. The molecule has 12 heteroatoms. The van der Waals surface area contributed by atoms with Gasteiger partial charge in [0.25, 0.3) is 11.7 Å². The van der Waals surface area contributed by atoms with Gasteiger partial charge in [0, 0.05) is 16.3 Å². The van der Waals surface area contributed by atoms with E-state index in [4.69, 9.17) is 27.6 Å². The van der Waals surface area contributed by atoms with Crippen LogP contribution in [0.1, 0.15) is 22.5 Å². The van der Waals surface area contributed by atoms with Crippen LogP contribution < -0.4 is 16.4 Å². The first-order valence-electron chi connectivity index (χ1n) is 9.49. The number of halogens is 2. The molecule has 0 bridgehead atoms. The number of ketones is 1. The van der Waals surface area contributed by atoms with E-state index in [0.29, 0.717) is 16.3 Å². The number of primary amides is 1. The van der Waals surface area contributed by atoms with Crippen LogP contribution in [0.15, 0.2) is 53.1 Å². The molecule has 2 heterocycles. The van der Waals surface area contributed by atoms with Gasteiger partial charge in [-0.3, -0.25) is 9.59 Å². The summed E-state index contributed by atoms with van der Waals surface area (Å²) >= 11 is 6.80. The summed E-state index contributed by atoms with van der Waals surface area (Å²) in [6, 6.07) is 11.2. The molecule has 2 aromatic heterocycles. The molecule has 0 unspecified atom stereocenters. The Kier molecular flexibility index (Phi) is 6.07. The van der Waals surface area contributed by atoms with Gasteiger partial charge >= 0.3 is 0 Å². The summed E-state index contributed by atoms with van der Waals surface area (Å²) in [5.74, 6) is -1.89. The quantitative estimate of drug-likeness (QED) is 0.375. The average molecular weight is 487 g/mol. The highest BCUT2D eigenvalue weighted by atomic mass is 35.5. The lowest BCUT2D eigenvalue weighted by atomic mass is 10.2. The normalized spacial score (nSPS) is 11.8. The van der Waals surface area contributed by atoms with Gasteiger partial charge in [-0.15, -0.1) is 0 Å². The predicted octanol–water partition coefficient (Wildman–Crippen LogP) is 3.81. The minimum absolute atomic E-state index is 0.0417. The molecule has 0 aliphatic heterocycles. The monoisotopic (exact) mass is 486 g/mol. The summed E-state index contributed by atoms with van der Waals surface area (Å²) in [4.78, 5) is 34.8. The second-order valence-electron chi connectivity index (χ2n) is 6.89. The van der Waals surface area contributed by atoms with Gasteiger partial charge in [0.1, 0.15) is 22.6 Å². The number of anilines is 3. The molecule has 0 saturated carbocycles. The number of rotatable bonds is 7. The third kappa shape index (κ3) is 4.54. The fourth-order valence-electron chi connectivity index (χ4n) is 2.94. The van der Waals surface area contributed by atoms with E-state index in [9.17, 15) is 14.0 Å². The van der Waals surface area contributed by atoms with Crippen LogP contribution in [0.5, 0.6) is 0 Å². The summed E-state index contributed by atoms with van der Waals surface area (Å²) in [7, 11) is 0. The number of carbonyl (C=O) groups excluding carboxylic acids is 2. The maximum absolute atomic E-state index is 13.4. The highest BCUT2D eigenvalue weighted by Gasteiger charge is 2.29. The molecule has 0 aliphatic carbocycles. The first kappa shape index (κ1) is 22.4. The summed E-state index contributed by atoms with van der Waals surface area (Å²) < 4.78 is 18.5. The van der Waals surface area contributed by atoms with E-state index in [1.54, 1.807) is 31.2 Å². The van der Waals surface area contributed by atoms with Crippen LogP contribution in [-0.2, 0) is 4.79 Å². The molecule has 0 aliphatic rings. The number of aromatic nitrogens is 3. The Labute approximate surface area is 195 Å². The molecule has 1 atom stereocenters. The summed E-state index contributed by atoms with van der Waals surface area (Å²) in [5, 5.41) is 4.58. The minimum atomic E-state index is -0.858. The van der Waals surface area contributed by atoms with E-state index in [0.717, 1.165) is 11.3 Å². The number of nitrogen functional groups attached to an aromatic ring is 1. The molecule has 1 amide bonds. The van der Waals surface area contributed by atoms with Crippen molar-refractivity contribution in [3.8, 4) is 11.4 Å². The molecule has 9 nitrogen and oxygen atoms in total. The molecular formula is C21H16ClFN6O3S. The number of nitrogens with two attached hydrogens (primary N) is 2. The number of benzene rings is 2. The molecule has 168 valence electrons. The molecule has 0 spiro atoms. The summed E-state index contributed by atoms with van der Waals surface area (Å²) in [6.07, 6.45) is 0. The van der Waals surface area contributed by atoms with Gasteiger partial charge in [-0.1, -0.05) is 28.1 Å². The van der Waals surface area contributed by atoms with Gasteiger partial charge in [0.15, 0.2) is 5.13 Å². The number of hydrogen-bond donors (Lipinski definition) is 2. The van der Waals surface area contributed by atoms with Crippen molar-refractivity contribution in [3.63, 3.8) is 0 Å². The highest BCUT2D eigenvalue weighted by molar-refractivity contribution is 7.18.